The molecular formula is C23H30N2O4S. The van der Waals surface area contributed by atoms with Crippen molar-refractivity contribution < 1.29 is 17.9 Å². The number of amides is 1. The van der Waals surface area contributed by atoms with E-state index in [4.69, 9.17) is 4.74 Å². The van der Waals surface area contributed by atoms with Gasteiger partial charge in [-0.1, -0.05) is 45.0 Å². The van der Waals surface area contributed by atoms with Crippen molar-refractivity contribution in [2.24, 2.45) is 0 Å². The molecule has 1 fully saturated rings. The molecule has 0 bridgehead atoms. The minimum Gasteiger partial charge on any atom is -0.373 e. The van der Waals surface area contributed by atoms with Crippen LogP contribution in [0.2, 0.25) is 0 Å². The first-order chi connectivity index (χ1) is 14.0. The number of ether oxygens (including phenoxy) is 1. The Morgan fingerprint density at radius 3 is 2.30 bits per heavy atom. The summed E-state index contributed by atoms with van der Waals surface area (Å²) in [6.07, 6.45) is -0.354. The fourth-order valence-electron chi connectivity index (χ4n) is 3.71. The summed E-state index contributed by atoms with van der Waals surface area (Å²) in [5.41, 5.74) is 1.89. The van der Waals surface area contributed by atoms with Gasteiger partial charge in [0.1, 0.15) is 0 Å². The van der Waals surface area contributed by atoms with E-state index >= 15 is 0 Å². The van der Waals surface area contributed by atoms with E-state index < -0.39 is 10.0 Å². The number of carbonyl (C=O) groups is 1. The Balaban J connectivity index is 1.86. The van der Waals surface area contributed by atoms with Gasteiger partial charge in [-0.3, -0.25) is 4.79 Å². The van der Waals surface area contributed by atoms with Crippen molar-refractivity contribution in [1.29, 1.82) is 0 Å². The van der Waals surface area contributed by atoms with Crippen LogP contribution in [0.15, 0.2) is 53.4 Å². The highest BCUT2D eigenvalue weighted by molar-refractivity contribution is 7.89. The number of carbonyl (C=O) groups excluding carboxylic acids is 1. The molecule has 0 aromatic heterocycles. The van der Waals surface area contributed by atoms with Crippen molar-refractivity contribution in [2.75, 3.05) is 18.4 Å². The van der Waals surface area contributed by atoms with Crippen LogP contribution in [-0.2, 0) is 20.2 Å². The topological polar surface area (TPSA) is 75.7 Å². The summed E-state index contributed by atoms with van der Waals surface area (Å²) in [6, 6.07) is 13.8. The molecule has 30 heavy (non-hydrogen) atoms. The Hall–Kier alpha value is -2.22. The van der Waals surface area contributed by atoms with Crippen LogP contribution in [-0.4, -0.2) is 43.9 Å². The molecule has 2 aromatic carbocycles. The monoisotopic (exact) mass is 430 g/mol. The Morgan fingerprint density at radius 1 is 1.03 bits per heavy atom. The largest absolute Gasteiger partial charge is 0.373 e. The molecule has 7 heteroatoms. The number of morpholine rings is 1. The number of benzene rings is 2. The second kappa shape index (κ2) is 8.49. The van der Waals surface area contributed by atoms with Crippen molar-refractivity contribution >= 4 is 21.6 Å². The average molecular weight is 431 g/mol. The summed E-state index contributed by atoms with van der Waals surface area (Å²) in [7, 11) is -3.71. The molecule has 0 saturated carbocycles. The zero-order chi connectivity index (χ0) is 22.1. The lowest BCUT2D eigenvalue weighted by molar-refractivity contribution is -0.0440. The summed E-state index contributed by atoms with van der Waals surface area (Å²) in [6.45, 7) is 10.5. The third kappa shape index (κ3) is 4.91. The van der Waals surface area contributed by atoms with Crippen molar-refractivity contribution in [3.63, 3.8) is 0 Å². The molecule has 1 saturated heterocycles. The van der Waals surface area contributed by atoms with E-state index in [0.717, 1.165) is 11.3 Å². The highest BCUT2D eigenvalue weighted by atomic mass is 32.2. The molecule has 6 nitrogen and oxygen atoms in total. The van der Waals surface area contributed by atoms with Gasteiger partial charge in [0, 0.05) is 24.3 Å². The fourth-order valence-corrected chi connectivity index (χ4v) is 5.35. The van der Waals surface area contributed by atoms with Crippen LogP contribution >= 0.6 is 0 Å². The van der Waals surface area contributed by atoms with Gasteiger partial charge in [0.25, 0.3) is 5.91 Å². The molecule has 1 heterocycles. The first-order valence-corrected chi connectivity index (χ1v) is 11.6. The molecule has 2 aromatic rings. The molecular weight excluding hydrogens is 400 g/mol. The van der Waals surface area contributed by atoms with Crippen molar-refractivity contribution in [3.05, 3.63) is 59.7 Å². The van der Waals surface area contributed by atoms with E-state index in [1.807, 2.05) is 38.1 Å². The van der Waals surface area contributed by atoms with Gasteiger partial charge in [-0.2, -0.15) is 4.31 Å². The van der Waals surface area contributed by atoms with Crippen LogP contribution in [0.1, 0.15) is 50.5 Å². The number of anilines is 1. The van der Waals surface area contributed by atoms with Crippen molar-refractivity contribution in [2.45, 2.75) is 57.1 Å². The van der Waals surface area contributed by atoms with Crippen LogP contribution in [0.5, 0.6) is 0 Å². The maximum absolute atomic E-state index is 13.1. The highest BCUT2D eigenvalue weighted by Gasteiger charge is 2.32. The van der Waals surface area contributed by atoms with Crippen LogP contribution in [0.25, 0.3) is 0 Å². The maximum atomic E-state index is 13.1. The molecule has 2 atom stereocenters. The summed E-state index contributed by atoms with van der Waals surface area (Å²) < 4.78 is 33.3. The van der Waals surface area contributed by atoms with Gasteiger partial charge in [0.2, 0.25) is 10.0 Å². The predicted molar refractivity (Wildman–Crippen MR) is 118 cm³/mol. The lowest BCUT2D eigenvalue weighted by Gasteiger charge is -2.34. The molecule has 0 spiro atoms. The van der Waals surface area contributed by atoms with Crippen LogP contribution in [0, 0.1) is 0 Å². The van der Waals surface area contributed by atoms with E-state index in [9.17, 15) is 13.2 Å². The SMILES string of the molecule is C[C@@H]1CN(S(=O)(=O)c2cccc(C(=O)Nc3ccccc3C(C)(C)C)c2)C[C@H](C)O1. The number of hydrogen-bond donors (Lipinski definition) is 1. The number of sulfonamides is 1. The molecule has 0 radical (unpaired) electrons. The summed E-state index contributed by atoms with van der Waals surface area (Å²) in [4.78, 5) is 13.0. The zero-order valence-electron chi connectivity index (χ0n) is 18.2. The number of nitrogens with one attached hydrogen (secondary N) is 1. The van der Waals surface area contributed by atoms with Gasteiger partial charge >= 0.3 is 0 Å². The minimum absolute atomic E-state index is 0.112. The second-order valence-corrected chi connectivity index (χ2v) is 10.8. The first-order valence-electron chi connectivity index (χ1n) is 10.1. The average Bonchev–Trinajstić information content (AvgIpc) is 2.67. The lowest BCUT2D eigenvalue weighted by Crippen LogP contribution is -2.48. The standard InChI is InChI=1S/C23H30N2O4S/c1-16-14-25(15-17(2)29-16)30(27,28)19-10-8-9-18(13-19)22(26)24-21-12-7-6-11-20(21)23(3,4)5/h6-13,16-17H,14-15H2,1-5H3,(H,24,26)/t16-,17+. The van der Waals surface area contributed by atoms with Crippen molar-refractivity contribution in [1.82, 2.24) is 4.31 Å². The maximum Gasteiger partial charge on any atom is 0.255 e. The van der Waals surface area contributed by atoms with Gasteiger partial charge in [-0.15, -0.1) is 0 Å². The molecule has 162 valence electrons. The predicted octanol–water partition coefficient (Wildman–Crippen LogP) is 4.03. The Bertz CT molecular complexity index is 1020. The van der Waals surface area contributed by atoms with Crippen molar-refractivity contribution in [3.8, 4) is 0 Å². The van der Waals surface area contributed by atoms with E-state index in [1.54, 1.807) is 12.1 Å². The van der Waals surface area contributed by atoms with Gasteiger partial charge in [0.15, 0.2) is 0 Å². The normalized spacial score (nSPS) is 20.7. The molecule has 3 rings (SSSR count). The smallest absolute Gasteiger partial charge is 0.255 e. The van der Waals surface area contributed by atoms with Crippen LogP contribution in [0.3, 0.4) is 0 Å². The Morgan fingerprint density at radius 2 is 1.67 bits per heavy atom. The van der Waals surface area contributed by atoms with Crippen LogP contribution < -0.4 is 5.32 Å². The number of hydrogen-bond acceptors (Lipinski definition) is 4. The fraction of sp³-hybridized carbons (Fsp3) is 0.435. The number of nitrogens with zero attached hydrogens (tertiary/aromatic N) is 1. The van der Waals surface area contributed by atoms with E-state index in [0.29, 0.717) is 18.7 Å². The van der Waals surface area contributed by atoms with E-state index in [-0.39, 0.29) is 28.4 Å². The molecule has 0 unspecified atom stereocenters. The van der Waals surface area contributed by atoms with E-state index in [1.165, 1.54) is 16.4 Å². The Labute approximate surface area is 179 Å². The second-order valence-electron chi connectivity index (χ2n) is 8.86. The summed E-state index contributed by atoms with van der Waals surface area (Å²) in [5.74, 6) is -0.340. The number of rotatable bonds is 4. The van der Waals surface area contributed by atoms with Gasteiger partial charge in [-0.25, -0.2) is 8.42 Å². The third-order valence-electron chi connectivity index (χ3n) is 5.10. The highest BCUT2D eigenvalue weighted by Crippen LogP contribution is 2.30. The molecule has 1 aliphatic rings. The summed E-state index contributed by atoms with van der Waals surface area (Å²) >= 11 is 0. The molecule has 1 aliphatic heterocycles. The third-order valence-corrected chi connectivity index (χ3v) is 6.93. The lowest BCUT2D eigenvalue weighted by atomic mass is 9.86. The first kappa shape index (κ1) is 22.5. The molecule has 1 amide bonds. The zero-order valence-corrected chi connectivity index (χ0v) is 19.0. The van der Waals surface area contributed by atoms with E-state index in [2.05, 4.69) is 26.1 Å². The van der Waals surface area contributed by atoms with Gasteiger partial charge < -0.3 is 10.1 Å². The van der Waals surface area contributed by atoms with Gasteiger partial charge in [0.05, 0.1) is 17.1 Å². The Kier molecular flexibility index (Phi) is 6.36. The minimum atomic E-state index is -3.71. The quantitative estimate of drug-likeness (QED) is 0.794. The van der Waals surface area contributed by atoms with Crippen LogP contribution in [0.4, 0.5) is 5.69 Å². The number of para-hydroxylation sites is 1. The molecule has 0 aliphatic carbocycles. The molecule has 1 N–H and O–H groups in total. The summed E-state index contributed by atoms with van der Waals surface area (Å²) in [5, 5.41) is 2.94. The van der Waals surface area contributed by atoms with Gasteiger partial charge in [-0.05, 0) is 49.1 Å².